The number of hydrogen-bond donors (Lipinski definition) is 1. The van der Waals surface area contributed by atoms with Crippen LogP contribution in [0.2, 0.25) is 0 Å². The average Bonchev–Trinajstić information content (AvgIpc) is 3.07. The maximum absolute atomic E-state index is 12.1. The number of rotatable bonds is 9. The highest BCUT2D eigenvalue weighted by atomic mass is 16.5. The van der Waals surface area contributed by atoms with Crippen molar-refractivity contribution in [3.05, 3.63) is 59.7 Å². The van der Waals surface area contributed by atoms with E-state index in [1.54, 1.807) is 4.90 Å². The van der Waals surface area contributed by atoms with Gasteiger partial charge in [0.15, 0.2) is 0 Å². The van der Waals surface area contributed by atoms with Crippen LogP contribution >= 0.6 is 0 Å². The second-order valence-electron chi connectivity index (χ2n) is 7.54. The summed E-state index contributed by atoms with van der Waals surface area (Å²) in [5.41, 5.74) is 2.12. The van der Waals surface area contributed by atoms with Crippen molar-refractivity contribution in [2.45, 2.75) is 32.7 Å². The summed E-state index contributed by atoms with van der Waals surface area (Å²) in [7, 11) is 0. The molecular weight excluding hydrogens is 370 g/mol. The van der Waals surface area contributed by atoms with E-state index in [0.29, 0.717) is 31.4 Å². The Hall–Kier alpha value is -3.02. The fourth-order valence-corrected chi connectivity index (χ4v) is 3.33. The van der Waals surface area contributed by atoms with E-state index in [-0.39, 0.29) is 18.9 Å². The molecule has 1 atom stereocenters. The number of carboxylic acids is 1. The van der Waals surface area contributed by atoms with Crippen molar-refractivity contribution in [1.29, 1.82) is 0 Å². The van der Waals surface area contributed by atoms with Crippen molar-refractivity contribution in [2.24, 2.45) is 5.92 Å². The van der Waals surface area contributed by atoms with E-state index in [2.05, 4.69) is 26.0 Å². The molecule has 2 aromatic carbocycles. The van der Waals surface area contributed by atoms with E-state index < -0.39 is 11.9 Å². The van der Waals surface area contributed by atoms with Gasteiger partial charge in [-0.3, -0.25) is 9.59 Å². The van der Waals surface area contributed by atoms with Gasteiger partial charge in [0.25, 0.3) is 0 Å². The van der Waals surface area contributed by atoms with Crippen LogP contribution in [0.3, 0.4) is 0 Å². The fraction of sp³-hybridized carbons (Fsp3) is 0.391. The molecule has 1 saturated heterocycles. The van der Waals surface area contributed by atoms with Crippen molar-refractivity contribution in [2.75, 3.05) is 19.8 Å². The van der Waals surface area contributed by atoms with Gasteiger partial charge in [-0.15, -0.1) is 0 Å². The topological polar surface area (TPSA) is 76.1 Å². The highest BCUT2D eigenvalue weighted by molar-refractivity contribution is 5.86. The minimum atomic E-state index is -0.927. The minimum absolute atomic E-state index is 0.0573. The zero-order chi connectivity index (χ0) is 20.8. The van der Waals surface area contributed by atoms with Crippen molar-refractivity contribution < 1.29 is 24.2 Å². The monoisotopic (exact) mass is 397 g/mol. The van der Waals surface area contributed by atoms with Crippen LogP contribution in [-0.2, 0) is 16.1 Å². The first kappa shape index (κ1) is 20.7. The van der Waals surface area contributed by atoms with E-state index >= 15 is 0 Å². The highest BCUT2D eigenvalue weighted by Gasteiger charge is 2.34. The highest BCUT2D eigenvalue weighted by Crippen LogP contribution is 2.25. The van der Waals surface area contributed by atoms with Crippen molar-refractivity contribution in [3.63, 3.8) is 0 Å². The Morgan fingerprint density at radius 3 is 2.45 bits per heavy atom. The van der Waals surface area contributed by atoms with Crippen molar-refractivity contribution >= 4 is 11.9 Å². The van der Waals surface area contributed by atoms with Crippen LogP contribution in [0, 0.1) is 5.92 Å². The van der Waals surface area contributed by atoms with Crippen LogP contribution < -0.4 is 9.47 Å². The SMILES string of the molecule is CC(C)c1ccc(OCCOc2ccccc2CN2CC(C(=O)O)CC2=O)cc1. The summed E-state index contributed by atoms with van der Waals surface area (Å²) in [4.78, 5) is 24.8. The van der Waals surface area contributed by atoms with Gasteiger partial charge in [0.2, 0.25) is 5.91 Å². The predicted octanol–water partition coefficient (Wildman–Crippen LogP) is 3.70. The standard InChI is InChI=1S/C23H27NO5/c1-16(2)17-7-9-20(10-8-17)28-11-12-29-21-6-4-3-5-18(21)14-24-15-19(23(26)27)13-22(24)25/h3-10,16,19H,11-15H2,1-2H3,(H,26,27). The van der Waals surface area contributed by atoms with Crippen molar-refractivity contribution in [3.8, 4) is 11.5 Å². The lowest BCUT2D eigenvalue weighted by Crippen LogP contribution is -2.26. The van der Waals surface area contributed by atoms with Crippen LogP contribution in [0.15, 0.2) is 48.5 Å². The molecular formula is C23H27NO5. The molecule has 1 N–H and O–H groups in total. The van der Waals surface area contributed by atoms with Gasteiger partial charge in [0.05, 0.1) is 5.92 Å². The van der Waals surface area contributed by atoms with Gasteiger partial charge in [-0.25, -0.2) is 0 Å². The predicted molar refractivity (Wildman–Crippen MR) is 109 cm³/mol. The lowest BCUT2D eigenvalue weighted by molar-refractivity contribution is -0.141. The molecule has 2 aromatic rings. The van der Waals surface area contributed by atoms with Crippen LogP contribution in [-0.4, -0.2) is 41.6 Å². The molecule has 1 amide bonds. The molecule has 1 aliphatic rings. The molecule has 0 saturated carbocycles. The summed E-state index contributed by atoms with van der Waals surface area (Å²) in [5, 5.41) is 9.13. The zero-order valence-electron chi connectivity index (χ0n) is 16.8. The maximum atomic E-state index is 12.1. The molecule has 1 fully saturated rings. The first-order valence-electron chi connectivity index (χ1n) is 9.88. The second kappa shape index (κ2) is 9.45. The summed E-state index contributed by atoms with van der Waals surface area (Å²) in [5.74, 6) is 0.263. The first-order valence-corrected chi connectivity index (χ1v) is 9.88. The summed E-state index contributed by atoms with van der Waals surface area (Å²) < 4.78 is 11.6. The molecule has 1 heterocycles. The number of amides is 1. The molecule has 6 heteroatoms. The number of benzene rings is 2. The number of hydrogen-bond acceptors (Lipinski definition) is 4. The molecule has 0 radical (unpaired) electrons. The molecule has 3 rings (SSSR count). The lowest BCUT2D eigenvalue weighted by Gasteiger charge is -2.19. The Labute approximate surface area is 171 Å². The van der Waals surface area contributed by atoms with E-state index in [1.807, 2.05) is 36.4 Å². The molecule has 154 valence electrons. The summed E-state index contributed by atoms with van der Waals surface area (Å²) >= 11 is 0. The number of carbonyl (C=O) groups excluding carboxylic acids is 1. The molecule has 6 nitrogen and oxygen atoms in total. The number of carbonyl (C=O) groups is 2. The van der Waals surface area contributed by atoms with E-state index in [0.717, 1.165) is 11.3 Å². The number of likely N-dealkylation sites (tertiary alicyclic amines) is 1. The molecule has 1 unspecified atom stereocenters. The Kier molecular flexibility index (Phi) is 6.75. The van der Waals surface area contributed by atoms with Gasteiger partial charge in [0.1, 0.15) is 24.7 Å². The summed E-state index contributed by atoms with van der Waals surface area (Å²) in [6.45, 7) is 5.65. The molecule has 0 spiro atoms. The third-order valence-electron chi connectivity index (χ3n) is 5.05. The molecule has 1 aliphatic heterocycles. The van der Waals surface area contributed by atoms with Gasteiger partial charge in [-0.05, 0) is 29.7 Å². The lowest BCUT2D eigenvalue weighted by atomic mass is 10.0. The van der Waals surface area contributed by atoms with Gasteiger partial charge in [-0.1, -0.05) is 44.2 Å². The van der Waals surface area contributed by atoms with Gasteiger partial charge in [0, 0.05) is 25.1 Å². The molecule has 0 aliphatic carbocycles. The van der Waals surface area contributed by atoms with Gasteiger partial charge < -0.3 is 19.5 Å². The van der Waals surface area contributed by atoms with E-state index in [1.165, 1.54) is 5.56 Å². The van der Waals surface area contributed by atoms with Gasteiger partial charge >= 0.3 is 5.97 Å². The minimum Gasteiger partial charge on any atom is -0.490 e. The molecule has 29 heavy (non-hydrogen) atoms. The Bertz CT molecular complexity index is 847. The Morgan fingerprint density at radius 1 is 1.10 bits per heavy atom. The third kappa shape index (κ3) is 5.50. The van der Waals surface area contributed by atoms with E-state index in [9.17, 15) is 9.59 Å². The average molecular weight is 397 g/mol. The van der Waals surface area contributed by atoms with Crippen LogP contribution in [0.5, 0.6) is 11.5 Å². The maximum Gasteiger partial charge on any atom is 0.308 e. The number of nitrogens with zero attached hydrogens (tertiary/aromatic N) is 1. The van der Waals surface area contributed by atoms with Crippen LogP contribution in [0.1, 0.15) is 37.3 Å². The largest absolute Gasteiger partial charge is 0.490 e. The first-order chi connectivity index (χ1) is 13.9. The van der Waals surface area contributed by atoms with Crippen molar-refractivity contribution in [1.82, 2.24) is 4.90 Å². The summed E-state index contributed by atoms with van der Waals surface area (Å²) in [6.07, 6.45) is 0.0573. The number of carboxylic acid groups (broad SMARTS) is 1. The Balaban J connectivity index is 1.52. The Morgan fingerprint density at radius 2 is 1.79 bits per heavy atom. The third-order valence-corrected chi connectivity index (χ3v) is 5.05. The number of para-hydroxylation sites is 1. The quantitative estimate of drug-likeness (QED) is 0.653. The van der Waals surface area contributed by atoms with Crippen LogP contribution in [0.4, 0.5) is 0 Å². The fourth-order valence-electron chi connectivity index (χ4n) is 3.33. The smallest absolute Gasteiger partial charge is 0.308 e. The number of aliphatic carboxylic acids is 1. The molecule has 0 bridgehead atoms. The summed E-state index contributed by atoms with van der Waals surface area (Å²) in [6, 6.07) is 15.5. The van der Waals surface area contributed by atoms with Crippen LogP contribution in [0.25, 0.3) is 0 Å². The molecule has 0 aromatic heterocycles. The van der Waals surface area contributed by atoms with E-state index in [4.69, 9.17) is 14.6 Å². The second-order valence-corrected chi connectivity index (χ2v) is 7.54. The van der Waals surface area contributed by atoms with Gasteiger partial charge in [-0.2, -0.15) is 0 Å². The normalized spacial score (nSPS) is 16.3. The number of ether oxygens (including phenoxy) is 2. The zero-order valence-corrected chi connectivity index (χ0v) is 16.8.